The third-order valence-corrected chi connectivity index (χ3v) is 4.43. The molecule has 0 fully saturated rings. The maximum atomic E-state index is 12.4. The summed E-state index contributed by atoms with van der Waals surface area (Å²) in [7, 11) is 1.60. The van der Waals surface area contributed by atoms with Crippen molar-refractivity contribution in [1.29, 1.82) is 0 Å². The normalized spacial score (nSPS) is 9.84. The molecule has 3 rings (SSSR count). The molecule has 0 spiro atoms. The lowest BCUT2D eigenvalue weighted by Gasteiger charge is -2.09. The molecule has 0 saturated carbocycles. The molecule has 0 saturated heterocycles. The predicted octanol–water partition coefficient (Wildman–Crippen LogP) is 4.72. The number of ether oxygens (including phenoxy) is 1. The van der Waals surface area contributed by atoms with E-state index in [1.165, 1.54) is 0 Å². The molecular formula is C21H17NO2S. The number of benzene rings is 2. The van der Waals surface area contributed by atoms with Gasteiger partial charge in [0.2, 0.25) is 0 Å². The molecule has 0 aliphatic heterocycles. The summed E-state index contributed by atoms with van der Waals surface area (Å²) in [4.78, 5) is 13.5. The monoisotopic (exact) mass is 347 g/mol. The van der Waals surface area contributed by atoms with Crippen LogP contribution in [0.25, 0.3) is 0 Å². The number of methoxy groups -OCH3 is 1. The Morgan fingerprint density at radius 2 is 1.96 bits per heavy atom. The second-order valence-corrected chi connectivity index (χ2v) is 6.39. The Labute approximate surface area is 151 Å². The zero-order chi connectivity index (χ0) is 17.6. The number of hydrogen-bond donors (Lipinski definition) is 1. The molecule has 0 radical (unpaired) electrons. The van der Waals surface area contributed by atoms with E-state index in [2.05, 4.69) is 17.2 Å². The van der Waals surface area contributed by atoms with Crippen LogP contribution in [-0.2, 0) is 0 Å². The van der Waals surface area contributed by atoms with E-state index in [1.54, 1.807) is 30.6 Å². The van der Waals surface area contributed by atoms with E-state index in [9.17, 15) is 4.79 Å². The van der Waals surface area contributed by atoms with E-state index < -0.39 is 0 Å². The smallest absolute Gasteiger partial charge is 0.255 e. The lowest BCUT2D eigenvalue weighted by Crippen LogP contribution is -2.12. The van der Waals surface area contributed by atoms with Gasteiger partial charge in [0.25, 0.3) is 5.91 Å². The summed E-state index contributed by atoms with van der Waals surface area (Å²) in [5, 5.41) is 4.90. The summed E-state index contributed by atoms with van der Waals surface area (Å²) in [5.74, 6) is 6.75. The average Bonchev–Trinajstić information content (AvgIpc) is 3.14. The Morgan fingerprint density at radius 1 is 1.08 bits per heavy atom. The number of aryl methyl sites for hydroxylation is 1. The van der Waals surface area contributed by atoms with Gasteiger partial charge in [-0.05, 0) is 54.3 Å². The van der Waals surface area contributed by atoms with Crippen LogP contribution in [0.3, 0.4) is 0 Å². The number of amides is 1. The van der Waals surface area contributed by atoms with Crippen LogP contribution in [0.1, 0.15) is 26.4 Å². The number of rotatable bonds is 3. The summed E-state index contributed by atoms with van der Waals surface area (Å²) in [6, 6.07) is 16.9. The Kier molecular flexibility index (Phi) is 5.17. The highest BCUT2D eigenvalue weighted by Gasteiger charge is 2.09. The van der Waals surface area contributed by atoms with Crippen LogP contribution in [-0.4, -0.2) is 13.0 Å². The molecule has 1 N–H and O–H groups in total. The number of carbonyl (C=O) groups is 1. The number of nitrogens with one attached hydrogen (secondary N) is 1. The molecule has 1 heterocycles. The molecule has 0 atom stereocenters. The first-order chi connectivity index (χ1) is 12.2. The minimum absolute atomic E-state index is 0.179. The van der Waals surface area contributed by atoms with Crippen molar-refractivity contribution in [2.45, 2.75) is 6.92 Å². The van der Waals surface area contributed by atoms with Gasteiger partial charge in [-0.3, -0.25) is 4.79 Å². The summed E-state index contributed by atoms with van der Waals surface area (Å²) < 4.78 is 5.28. The summed E-state index contributed by atoms with van der Waals surface area (Å²) in [5.41, 5.74) is 3.11. The summed E-state index contributed by atoms with van der Waals surface area (Å²) in [6.45, 7) is 1.94. The third kappa shape index (κ3) is 4.28. The summed E-state index contributed by atoms with van der Waals surface area (Å²) in [6.07, 6.45) is 0. The van der Waals surface area contributed by atoms with Crippen LogP contribution in [0.15, 0.2) is 60.0 Å². The number of thiophene rings is 1. The van der Waals surface area contributed by atoms with Crippen molar-refractivity contribution in [2.75, 3.05) is 12.4 Å². The quantitative estimate of drug-likeness (QED) is 0.696. The minimum atomic E-state index is -0.179. The summed E-state index contributed by atoms with van der Waals surface area (Å²) >= 11 is 1.60. The molecular weight excluding hydrogens is 330 g/mol. The predicted molar refractivity (Wildman–Crippen MR) is 102 cm³/mol. The molecule has 1 amide bonds. The first-order valence-corrected chi connectivity index (χ1v) is 8.65. The zero-order valence-corrected chi connectivity index (χ0v) is 14.8. The van der Waals surface area contributed by atoms with Gasteiger partial charge in [0.15, 0.2) is 0 Å². The van der Waals surface area contributed by atoms with Crippen LogP contribution >= 0.6 is 11.3 Å². The minimum Gasteiger partial charge on any atom is -0.496 e. The zero-order valence-electron chi connectivity index (χ0n) is 14.0. The van der Waals surface area contributed by atoms with Crippen molar-refractivity contribution in [3.8, 4) is 17.6 Å². The van der Waals surface area contributed by atoms with Crippen molar-refractivity contribution >= 4 is 22.9 Å². The molecule has 4 heteroatoms. The van der Waals surface area contributed by atoms with Gasteiger partial charge >= 0.3 is 0 Å². The average molecular weight is 347 g/mol. The first-order valence-electron chi connectivity index (χ1n) is 7.77. The fourth-order valence-corrected chi connectivity index (χ4v) is 2.89. The van der Waals surface area contributed by atoms with Gasteiger partial charge in [0.1, 0.15) is 5.75 Å². The third-order valence-electron chi connectivity index (χ3n) is 3.64. The van der Waals surface area contributed by atoms with Gasteiger partial charge in [-0.1, -0.05) is 30.0 Å². The number of anilines is 1. The standard InChI is InChI=1S/C21H17NO2S/c1-15-8-10-17(14-20(15)24-2)21(23)22-18-6-3-5-16(13-18)9-11-19-7-4-12-25-19/h3-8,10,12-14H,1-2H3,(H,22,23). The van der Waals surface area contributed by atoms with Crippen LogP contribution in [0, 0.1) is 18.8 Å². The molecule has 1 aromatic heterocycles. The molecule has 0 aliphatic carbocycles. The fraction of sp³-hybridized carbons (Fsp3) is 0.0952. The van der Waals surface area contributed by atoms with Gasteiger partial charge in [0, 0.05) is 16.8 Å². The Balaban J connectivity index is 1.76. The Bertz CT molecular complexity index is 950. The van der Waals surface area contributed by atoms with Gasteiger partial charge in [0.05, 0.1) is 12.0 Å². The van der Waals surface area contributed by atoms with Crippen molar-refractivity contribution in [2.24, 2.45) is 0 Å². The van der Waals surface area contributed by atoms with Crippen LogP contribution in [0.5, 0.6) is 5.75 Å². The number of carbonyl (C=O) groups excluding carboxylic acids is 1. The Morgan fingerprint density at radius 3 is 2.72 bits per heavy atom. The first kappa shape index (κ1) is 16.8. The fourth-order valence-electron chi connectivity index (χ4n) is 2.32. The van der Waals surface area contributed by atoms with Crippen LogP contribution in [0.2, 0.25) is 0 Å². The molecule has 0 bridgehead atoms. The lowest BCUT2D eigenvalue weighted by molar-refractivity contribution is 0.102. The van der Waals surface area contributed by atoms with Gasteiger partial charge in [-0.2, -0.15) is 0 Å². The van der Waals surface area contributed by atoms with Crippen LogP contribution in [0.4, 0.5) is 5.69 Å². The number of hydrogen-bond acceptors (Lipinski definition) is 3. The van der Waals surface area contributed by atoms with E-state index in [0.29, 0.717) is 17.0 Å². The van der Waals surface area contributed by atoms with E-state index in [4.69, 9.17) is 4.74 Å². The molecule has 0 unspecified atom stereocenters. The maximum absolute atomic E-state index is 12.4. The van der Waals surface area contributed by atoms with Crippen molar-refractivity contribution in [3.05, 3.63) is 81.5 Å². The molecule has 25 heavy (non-hydrogen) atoms. The topological polar surface area (TPSA) is 38.3 Å². The molecule has 3 aromatic rings. The highest BCUT2D eigenvalue weighted by Crippen LogP contribution is 2.20. The van der Waals surface area contributed by atoms with Gasteiger partial charge in [-0.25, -0.2) is 0 Å². The van der Waals surface area contributed by atoms with Gasteiger partial charge < -0.3 is 10.1 Å². The van der Waals surface area contributed by atoms with Crippen molar-refractivity contribution in [3.63, 3.8) is 0 Å². The Hall–Kier alpha value is -3.03. The van der Waals surface area contributed by atoms with E-state index in [1.807, 2.05) is 54.8 Å². The van der Waals surface area contributed by atoms with E-state index in [-0.39, 0.29) is 5.91 Å². The molecule has 0 aliphatic rings. The highest BCUT2D eigenvalue weighted by atomic mass is 32.1. The second-order valence-electron chi connectivity index (χ2n) is 5.45. The van der Waals surface area contributed by atoms with E-state index in [0.717, 1.165) is 16.0 Å². The lowest BCUT2D eigenvalue weighted by atomic mass is 10.1. The van der Waals surface area contributed by atoms with Crippen molar-refractivity contribution < 1.29 is 9.53 Å². The highest BCUT2D eigenvalue weighted by molar-refractivity contribution is 7.10. The molecule has 3 nitrogen and oxygen atoms in total. The van der Waals surface area contributed by atoms with Crippen LogP contribution < -0.4 is 10.1 Å². The van der Waals surface area contributed by atoms with Gasteiger partial charge in [-0.15, -0.1) is 11.3 Å². The second kappa shape index (κ2) is 7.69. The maximum Gasteiger partial charge on any atom is 0.255 e. The van der Waals surface area contributed by atoms with E-state index >= 15 is 0 Å². The molecule has 124 valence electrons. The van der Waals surface area contributed by atoms with Crippen molar-refractivity contribution in [1.82, 2.24) is 0 Å². The molecule has 2 aromatic carbocycles. The SMILES string of the molecule is COc1cc(C(=O)Nc2cccc(C#Cc3cccs3)c2)ccc1C. The largest absolute Gasteiger partial charge is 0.496 e.